The molecule has 0 unspecified atom stereocenters. The summed E-state index contributed by atoms with van der Waals surface area (Å²) in [5, 5.41) is 3.52. The summed E-state index contributed by atoms with van der Waals surface area (Å²) in [5.74, 6) is 1.41. The van der Waals surface area contributed by atoms with E-state index in [2.05, 4.69) is 5.32 Å². The number of ether oxygens (including phenoxy) is 2. The number of hydrogen-bond donors (Lipinski definition) is 1. The van der Waals surface area contributed by atoms with Gasteiger partial charge in [-0.2, -0.15) is 0 Å². The van der Waals surface area contributed by atoms with Crippen LogP contribution < -0.4 is 10.1 Å². The van der Waals surface area contributed by atoms with Crippen molar-refractivity contribution in [3.63, 3.8) is 0 Å². The number of esters is 1. The van der Waals surface area contributed by atoms with E-state index in [9.17, 15) is 9.59 Å². The van der Waals surface area contributed by atoms with Crippen molar-refractivity contribution in [3.05, 3.63) is 45.8 Å². The lowest BCUT2D eigenvalue weighted by Crippen LogP contribution is -2.16. The molecule has 1 N–H and O–H groups in total. The Morgan fingerprint density at radius 1 is 1.19 bits per heavy atom. The maximum atomic E-state index is 12.3. The normalized spacial score (nSPS) is 12.5. The van der Waals surface area contributed by atoms with E-state index in [0.717, 1.165) is 41.9 Å². The van der Waals surface area contributed by atoms with Crippen LogP contribution in [0.1, 0.15) is 32.8 Å². The van der Waals surface area contributed by atoms with Crippen LogP contribution in [0.5, 0.6) is 5.75 Å². The molecule has 1 amide bonds. The molecule has 3 rings (SSSR count). The first kappa shape index (κ1) is 18.8. The van der Waals surface area contributed by atoms with Crippen molar-refractivity contribution in [2.45, 2.75) is 25.0 Å². The molecule has 1 aliphatic carbocycles. The number of nitrogens with one attached hydrogen (secondary N) is 1. The topological polar surface area (TPSA) is 64.6 Å². The Morgan fingerprint density at radius 3 is 2.65 bits per heavy atom. The first-order valence-electron chi connectivity index (χ1n) is 8.35. The van der Waals surface area contributed by atoms with E-state index in [1.54, 1.807) is 7.11 Å². The summed E-state index contributed by atoms with van der Waals surface area (Å²) in [7, 11) is 3.01. The maximum absolute atomic E-state index is 12.3. The molecule has 0 saturated carbocycles. The molecular formula is C19H21NO4S2. The molecule has 0 fully saturated rings. The fourth-order valence-electron chi connectivity index (χ4n) is 2.96. The largest absolute Gasteiger partial charge is 0.497 e. The van der Waals surface area contributed by atoms with Gasteiger partial charge in [0.25, 0.3) is 0 Å². The molecule has 0 bridgehead atoms. The van der Waals surface area contributed by atoms with Gasteiger partial charge >= 0.3 is 5.97 Å². The second kappa shape index (κ2) is 8.60. The van der Waals surface area contributed by atoms with Gasteiger partial charge in [0.2, 0.25) is 5.91 Å². The van der Waals surface area contributed by atoms with Crippen molar-refractivity contribution >= 4 is 40.0 Å². The van der Waals surface area contributed by atoms with Gasteiger partial charge in [-0.25, -0.2) is 4.79 Å². The second-order valence-electron chi connectivity index (χ2n) is 5.94. The smallest absolute Gasteiger partial charge is 0.341 e. The third-order valence-electron chi connectivity index (χ3n) is 4.22. The van der Waals surface area contributed by atoms with Crippen LogP contribution in [0.4, 0.5) is 5.00 Å². The molecule has 1 aromatic heterocycles. The number of carbonyl (C=O) groups excluding carboxylic acids is 2. The van der Waals surface area contributed by atoms with Crippen molar-refractivity contribution in [3.8, 4) is 5.75 Å². The van der Waals surface area contributed by atoms with E-state index in [1.165, 1.54) is 35.1 Å². The number of hydrogen-bond acceptors (Lipinski definition) is 6. The number of methoxy groups -OCH3 is 2. The molecule has 0 saturated heterocycles. The Morgan fingerprint density at radius 2 is 1.96 bits per heavy atom. The highest BCUT2D eigenvalue weighted by Gasteiger charge is 2.27. The van der Waals surface area contributed by atoms with Crippen LogP contribution in [0.3, 0.4) is 0 Å². The number of rotatable bonds is 7. The van der Waals surface area contributed by atoms with Crippen LogP contribution in [0.15, 0.2) is 24.3 Å². The number of benzene rings is 1. The van der Waals surface area contributed by atoms with E-state index in [-0.39, 0.29) is 11.9 Å². The second-order valence-corrected chi connectivity index (χ2v) is 8.03. The molecule has 7 heteroatoms. The minimum absolute atomic E-state index is 0.103. The summed E-state index contributed by atoms with van der Waals surface area (Å²) in [5.41, 5.74) is 2.72. The summed E-state index contributed by atoms with van der Waals surface area (Å²) in [6.45, 7) is 0. The van der Waals surface area contributed by atoms with Crippen LogP contribution in [-0.4, -0.2) is 31.8 Å². The molecule has 1 aromatic carbocycles. The van der Waals surface area contributed by atoms with Gasteiger partial charge < -0.3 is 14.8 Å². The summed E-state index contributed by atoms with van der Waals surface area (Å²) >= 11 is 3.03. The number of fused-ring (bicyclic) bond motifs is 1. The molecule has 1 heterocycles. The van der Waals surface area contributed by atoms with Gasteiger partial charge in [-0.3, -0.25) is 4.79 Å². The monoisotopic (exact) mass is 391 g/mol. The minimum atomic E-state index is -0.370. The Hall–Kier alpha value is -1.99. The van der Waals surface area contributed by atoms with Crippen molar-refractivity contribution in [2.75, 3.05) is 25.3 Å². The minimum Gasteiger partial charge on any atom is -0.497 e. The van der Waals surface area contributed by atoms with Crippen LogP contribution in [-0.2, 0) is 28.1 Å². The quantitative estimate of drug-likeness (QED) is 0.725. The van der Waals surface area contributed by atoms with Crippen molar-refractivity contribution in [1.29, 1.82) is 0 Å². The number of carbonyl (C=O) groups is 2. The van der Waals surface area contributed by atoms with Gasteiger partial charge in [-0.1, -0.05) is 12.1 Å². The number of aryl methyl sites for hydroxylation is 1. The Labute approximate surface area is 161 Å². The van der Waals surface area contributed by atoms with Crippen molar-refractivity contribution in [1.82, 2.24) is 0 Å². The predicted octanol–water partition coefficient (Wildman–Crippen LogP) is 3.90. The van der Waals surface area contributed by atoms with Gasteiger partial charge in [0.15, 0.2) is 0 Å². The summed E-state index contributed by atoms with van der Waals surface area (Å²) in [4.78, 5) is 25.6. The number of thiophene rings is 1. The van der Waals surface area contributed by atoms with Crippen molar-refractivity contribution in [2.24, 2.45) is 0 Å². The molecule has 0 aliphatic heterocycles. The Bertz CT molecular complexity index is 799. The van der Waals surface area contributed by atoms with E-state index < -0.39 is 0 Å². The third-order valence-corrected chi connectivity index (χ3v) is 6.44. The molecule has 138 valence electrons. The molecule has 0 atom stereocenters. The number of thioether (sulfide) groups is 1. The zero-order chi connectivity index (χ0) is 18.5. The van der Waals surface area contributed by atoms with Crippen molar-refractivity contribution < 1.29 is 19.1 Å². The van der Waals surface area contributed by atoms with E-state index >= 15 is 0 Å². The Kier molecular flexibility index (Phi) is 6.21. The average Bonchev–Trinajstić information content (AvgIpc) is 3.22. The van der Waals surface area contributed by atoms with Gasteiger partial charge in [-0.05, 0) is 42.5 Å². The third kappa shape index (κ3) is 4.22. The molecular weight excluding hydrogens is 370 g/mol. The molecule has 0 radical (unpaired) electrons. The SMILES string of the molecule is COC(=O)c1c(NC(=O)CSCc2ccc(OC)cc2)sc2c1CCC2. The Balaban J connectivity index is 1.57. The summed E-state index contributed by atoms with van der Waals surface area (Å²) in [6.07, 6.45) is 2.89. The number of amides is 1. The fourth-order valence-corrected chi connectivity index (χ4v) is 5.04. The number of anilines is 1. The molecule has 26 heavy (non-hydrogen) atoms. The highest BCUT2D eigenvalue weighted by atomic mass is 32.2. The van der Waals surface area contributed by atoms with Crippen LogP contribution >= 0.6 is 23.1 Å². The van der Waals surface area contributed by atoms with E-state index in [0.29, 0.717) is 16.3 Å². The highest BCUT2D eigenvalue weighted by molar-refractivity contribution is 7.99. The van der Waals surface area contributed by atoms with Crippen LogP contribution in [0.25, 0.3) is 0 Å². The van der Waals surface area contributed by atoms with Gasteiger partial charge in [-0.15, -0.1) is 23.1 Å². The lowest BCUT2D eigenvalue weighted by atomic mass is 10.1. The zero-order valence-corrected chi connectivity index (χ0v) is 16.4. The van der Waals surface area contributed by atoms with Crippen LogP contribution in [0, 0.1) is 0 Å². The summed E-state index contributed by atoms with van der Waals surface area (Å²) < 4.78 is 10.0. The maximum Gasteiger partial charge on any atom is 0.341 e. The van der Waals surface area contributed by atoms with E-state index in [4.69, 9.17) is 9.47 Å². The first-order chi connectivity index (χ1) is 12.6. The van der Waals surface area contributed by atoms with Gasteiger partial charge in [0, 0.05) is 10.6 Å². The lowest BCUT2D eigenvalue weighted by molar-refractivity contribution is -0.113. The predicted molar refractivity (Wildman–Crippen MR) is 105 cm³/mol. The van der Waals surface area contributed by atoms with Gasteiger partial charge in [0.1, 0.15) is 10.8 Å². The molecule has 2 aromatic rings. The first-order valence-corrected chi connectivity index (χ1v) is 10.3. The highest BCUT2D eigenvalue weighted by Crippen LogP contribution is 2.39. The molecule has 0 spiro atoms. The average molecular weight is 392 g/mol. The zero-order valence-electron chi connectivity index (χ0n) is 14.8. The molecule has 5 nitrogen and oxygen atoms in total. The van der Waals surface area contributed by atoms with E-state index in [1.807, 2.05) is 24.3 Å². The standard InChI is InChI=1S/C19H21NO4S2/c1-23-13-8-6-12(7-9-13)10-25-11-16(21)20-18-17(19(22)24-2)14-4-3-5-15(14)26-18/h6-9H,3-5,10-11H2,1-2H3,(H,20,21). The lowest BCUT2D eigenvalue weighted by Gasteiger charge is -2.07. The summed E-state index contributed by atoms with van der Waals surface area (Å²) in [6, 6.07) is 7.80. The van der Waals surface area contributed by atoms with Gasteiger partial charge in [0.05, 0.1) is 25.5 Å². The van der Waals surface area contributed by atoms with Crippen LogP contribution in [0.2, 0.25) is 0 Å². The fraction of sp³-hybridized carbons (Fsp3) is 0.368. The molecule has 1 aliphatic rings.